The molecule has 0 unspecified atom stereocenters. The minimum absolute atomic E-state index is 0.575. The lowest BCUT2D eigenvalue weighted by Crippen LogP contribution is -1.97. The molecule has 18 heavy (non-hydrogen) atoms. The number of nitrogens with one attached hydrogen (secondary N) is 1. The molecule has 1 nitrogen and oxygen atoms in total. The Morgan fingerprint density at radius 1 is 1.28 bits per heavy atom. The van der Waals surface area contributed by atoms with Crippen molar-refractivity contribution in [2.24, 2.45) is 0 Å². The Bertz CT molecular complexity index is 500. The lowest BCUT2D eigenvalue weighted by molar-refractivity contribution is 0.867. The summed E-state index contributed by atoms with van der Waals surface area (Å²) in [4.78, 5) is 1.22. The van der Waals surface area contributed by atoms with Gasteiger partial charge in [-0.1, -0.05) is 37.6 Å². The fourth-order valence-corrected chi connectivity index (χ4v) is 3.38. The molecule has 0 aliphatic heterocycles. The molecule has 0 saturated carbocycles. The molecule has 0 saturated heterocycles. The van der Waals surface area contributed by atoms with Gasteiger partial charge in [-0.15, -0.1) is 11.3 Å². The summed E-state index contributed by atoms with van der Waals surface area (Å²) in [5, 5.41) is 3.40. The molecule has 0 bridgehead atoms. The van der Waals surface area contributed by atoms with Gasteiger partial charge >= 0.3 is 0 Å². The summed E-state index contributed by atoms with van der Waals surface area (Å²) in [6.45, 7) is 5.21. The first-order valence-corrected chi connectivity index (χ1v) is 7.82. The molecule has 0 aliphatic carbocycles. The molecular weight excluding hydrogens is 330 g/mol. The molecule has 0 radical (unpaired) electrons. The first kappa shape index (κ1) is 13.9. The van der Waals surface area contributed by atoms with Gasteiger partial charge in [0.2, 0.25) is 0 Å². The quantitative estimate of drug-likeness (QED) is 0.728. The maximum Gasteiger partial charge on any atom is 0.107 e. The third-order valence-corrected chi connectivity index (χ3v) is 5.21. The Balaban J connectivity index is 1.97. The fraction of sp³-hybridized carbons (Fsp3) is 0.286. The SMILES string of the molecule is CC(C)c1ccc(NCc2cc(Br)c(Cl)s2)cc1. The van der Waals surface area contributed by atoms with Crippen molar-refractivity contribution in [1.82, 2.24) is 0 Å². The van der Waals surface area contributed by atoms with Crippen molar-refractivity contribution < 1.29 is 0 Å². The maximum atomic E-state index is 6.01. The summed E-state index contributed by atoms with van der Waals surface area (Å²) < 4.78 is 1.78. The summed E-state index contributed by atoms with van der Waals surface area (Å²) in [7, 11) is 0. The number of hydrogen-bond acceptors (Lipinski definition) is 2. The van der Waals surface area contributed by atoms with E-state index in [9.17, 15) is 0 Å². The minimum atomic E-state index is 0.575. The Hall–Kier alpha value is -0.510. The van der Waals surface area contributed by atoms with Gasteiger partial charge in [-0.2, -0.15) is 0 Å². The Morgan fingerprint density at radius 3 is 2.44 bits per heavy atom. The van der Waals surface area contributed by atoms with Gasteiger partial charge in [0, 0.05) is 21.6 Å². The van der Waals surface area contributed by atoms with E-state index in [4.69, 9.17) is 11.6 Å². The van der Waals surface area contributed by atoms with Crippen molar-refractivity contribution in [1.29, 1.82) is 0 Å². The van der Waals surface area contributed by atoms with Crippen LogP contribution in [0, 0.1) is 0 Å². The molecule has 2 aromatic rings. The van der Waals surface area contributed by atoms with Crippen LogP contribution in [0.1, 0.15) is 30.2 Å². The smallest absolute Gasteiger partial charge is 0.107 e. The van der Waals surface area contributed by atoms with Crippen molar-refractivity contribution in [3.63, 3.8) is 0 Å². The Labute approximate surface area is 125 Å². The molecule has 0 aliphatic rings. The van der Waals surface area contributed by atoms with Gasteiger partial charge in [-0.05, 0) is 45.6 Å². The van der Waals surface area contributed by atoms with Gasteiger partial charge < -0.3 is 5.32 Å². The van der Waals surface area contributed by atoms with E-state index in [-0.39, 0.29) is 0 Å². The summed E-state index contributed by atoms with van der Waals surface area (Å²) in [6.07, 6.45) is 0. The minimum Gasteiger partial charge on any atom is -0.380 e. The highest BCUT2D eigenvalue weighted by molar-refractivity contribution is 9.10. The average molecular weight is 345 g/mol. The van der Waals surface area contributed by atoms with Crippen LogP contribution in [-0.4, -0.2) is 0 Å². The second kappa shape index (κ2) is 6.09. The van der Waals surface area contributed by atoms with Crippen molar-refractivity contribution in [2.45, 2.75) is 26.3 Å². The third kappa shape index (κ3) is 3.50. The summed E-state index contributed by atoms with van der Waals surface area (Å²) in [5.41, 5.74) is 2.50. The second-order valence-electron chi connectivity index (χ2n) is 4.46. The first-order valence-electron chi connectivity index (χ1n) is 5.84. The molecule has 2 rings (SSSR count). The van der Waals surface area contributed by atoms with Crippen LogP contribution in [0.5, 0.6) is 0 Å². The molecule has 96 valence electrons. The van der Waals surface area contributed by atoms with E-state index in [1.165, 1.54) is 10.4 Å². The molecule has 1 aromatic heterocycles. The summed E-state index contributed by atoms with van der Waals surface area (Å²) in [5.74, 6) is 0.575. The zero-order valence-corrected chi connectivity index (χ0v) is 13.5. The van der Waals surface area contributed by atoms with E-state index in [2.05, 4.69) is 65.4 Å². The zero-order chi connectivity index (χ0) is 13.1. The molecular formula is C14H15BrClNS. The van der Waals surface area contributed by atoms with Gasteiger partial charge in [0.15, 0.2) is 0 Å². The molecule has 0 amide bonds. The highest BCUT2D eigenvalue weighted by Gasteiger charge is 2.04. The van der Waals surface area contributed by atoms with E-state index < -0.39 is 0 Å². The number of halogens is 2. The first-order chi connectivity index (χ1) is 8.56. The maximum absolute atomic E-state index is 6.01. The van der Waals surface area contributed by atoms with Gasteiger partial charge in [0.05, 0.1) is 0 Å². The van der Waals surface area contributed by atoms with Crippen molar-refractivity contribution in [3.8, 4) is 0 Å². The topological polar surface area (TPSA) is 12.0 Å². The van der Waals surface area contributed by atoms with Crippen molar-refractivity contribution in [2.75, 3.05) is 5.32 Å². The molecule has 0 fully saturated rings. The second-order valence-corrected chi connectivity index (χ2v) is 7.06. The Kier molecular flexibility index (Phi) is 4.71. The normalized spacial score (nSPS) is 10.9. The van der Waals surface area contributed by atoms with Crippen LogP contribution >= 0.6 is 38.9 Å². The number of thiophene rings is 1. The van der Waals surface area contributed by atoms with E-state index in [1.54, 1.807) is 11.3 Å². The third-order valence-electron chi connectivity index (χ3n) is 2.74. The van der Waals surface area contributed by atoms with Crippen LogP contribution in [0.25, 0.3) is 0 Å². The number of rotatable bonds is 4. The van der Waals surface area contributed by atoms with Crippen LogP contribution < -0.4 is 5.32 Å². The molecule has 1 heterocycles. The lowest BCUT2D eigenvalue weighted by Gasteiger charge is -2.08. The largest absolute Gasteiger partial charge is 0.380 e. The highest BCUT2D eigenvalue weighted by Crippen LogP contribution is 2.32. The van der Waals surface area contributed by atoms with Gasteiger partial charge in [-0.25, -0.2) is 0 Å². The van der Waals surface area contributed by atoms with E-state index in [1.807, 2.05) is 0 Å². The number of benzene rings is 1. The average Bonchev–Trinajstić information content (AvgIpc) is 2.67. The predicted molar refractivity (Wildman–Crippen MR) is 84.9 cm³/mol. The number of hydrogen-bond donors (Lipinski definition) is 1. The molecule has 4 heteroatoms. The molecule has 1 N–H and O–H groups in total. The van der Waals surface area contributed by atoms with Crippen LogP contribution in [0.2, 0.25) is 4.34 Å². The predicted octanol–water partition coefficient (Wildman–Crippen LogP) is 5.90. The molecule has 0 spiro atoms. The molecule has 0 atom stereocenters. The Morgan fingerprint density at radius 2 is 1.94 bits per heavy atom. The fourth-order valence-electron chi connectivity index (χ4n) is 1.65. The summed E-state index contributed by atoms with van der Waals surface area (Å²) >= 11 is 11.0. The summed E-state index contributed by atoms with van der Waals surface area (Å²) in [6, 6.07) is 10.6. The van der Waals surface area contributed by atoms with Crippen LogP contribution in [0.4, 0.5) is 5.69 Å². The van der Waals surface area contributed by atoms with Crippen LogP contribution in [0.3, 0.4) is 0 Å². The monoisotopic (exact) mass is 343 g/mol. The van der Waals surface area contributed by atoms with Crippen molar-refractivity contribution in [3.05, 3.63) is 49.6 Å². The zero-order valence-electron chi connectivity index (χ0n) is 10.3. The van der Waals surface area contributed by atoms with E-state index in [0.717, 1.165) is 21.0 Å². The van der Waals surface area contributed by atoms with Crippen molar-refractivity contribution >= 4 is 44.6 Å². The highest BCUT2D eigenvalue weighted by atomic mass is 79.9. The standard InChI is InChI=1S/C14H15BrClNS/c1-9(2)10-3-5-11(6-4-10)17-8-12-7-13(15)14(16)18-12/h3-7,9,17H,8H2,1-2H3. The van der Waals surface area contributed by atoms with E-state index >= 15 is 0 Å². The van der Waals surface area contributed by atoms with Gasteiger partial charge in [0.25, 0.3) is 0 Å². The van der Waals surface area contributed by atoms with Crippen LogP contribution in [-0.2, 0) is 6.54 Å². The van der Waals surface area contributed by atoms with Gasteiger partial charge in [-0.3, -0.25) is 0 Å². The lowest BCUT2D eigenvalue weighted by atomic mass is 10.0. The van der Waals surface area contributed by atoms with Gasteiger partial charge in [0.1, 0.15) is 4.34 Å². The van der Waals surface area contributed by atoms with E-state index in [0.29, 0.717) is 5.92 Å². The van der Waals surface area contributed by atoms with Crippen LogP contribution in [0.15, 0.2) is 34.8 Å². The number of anilines is 1. The molecule has 1 aromatic carbocycles.